The number of amides is 2. The number of carbonyl (C=O) groups is 1. The number of fused-ring (bicyclic) bond motifs is 1. The van der Waals surface area contributed by atoms with Crippen LogP contribution in [0.2, 0.25) is 0 Å². The van der Waals surface area contributed by atoms with Crippen molar-refractivity contribution in [3.63, 3.8) is 0 Å². The molecule has 2 aromatic rings. The minimum Gasteiger partial charge on any atom is -0.314 e. The summed E-state index contributed by atoms with van der Waals surface area (Å²) in [6, 6.07) is 23.5. The lowest BCUT2D eigenvalue weighted by atomic mass is 10.0. The van der Waals surface area contributed by atoms with Gasteiger partial charge in [-0.15, -0.1) is 0 Å². The lowest BCUT2D eigenvalue weighted by molar-refractivity contribution is 0.180. The Morgan fingerprint density at radius 2 is 1.55 bits per heavy atom. The summed E-state index contributed by atoms with van der Waals surface area (Å²) in [7, 11) is 0. The predicted molar refractivity (Wildman–Crippen MR) is 117 cm³/mol. The molecule has 2 amide bonds. The van der Waals surface area contributed by atoms with Crippen LogP contribution in [0.5, 0.6) is 0 Å². The van der Waals surface area contributed by atoms with Gasteiger partial charge in [-0.05, 0) is 24.0 Å². The van der Waals surface area contributed by atoms with Gasteiger partial charge in [-0.2, -0.15) is 17.0 Å². The molecule has 4 nitrogen and oxygen atoms in total. The molecule has 0 spiro atoms. The van der Waals surface area contributed by atoms with Gasteiger partial charge in [0.1, 0.15) is 0 Å². The molecule has 29 heavy (non-hydrogen) atoms. The van der Waals surface area contributed by atoms with Gasteiger partial charge < -0.3 is 9.80 Å². The molecule has 2 aliphatic heterocycles. The van der Waals surface area contributed by atoms with E-state index in [1.54, 1.807) is 0 Å². The van der Waals surface area contributed by atoms with E-state index in [4.69, 9.17) is 5.26 Å². The van der Waals surface area contributed by atoms with Crippen molar-refractivity contribution >= 4 is 17.8 Å². The number of unbranched alkanes of at least 4 members (excludes halogenated alkanes) is 2. The van der Waals surface area contributed by atoms with E-state index in [1.807, 2.05) is 48.2 Å². The molecule has 2 heterocycles. The number of carbonyl (C=O) groups excluding carboxylic acids is 1. The van der Waals surface area contributed by atoms with Crippen molar-refractivity contribution in [3.05, 3.63) is 71.8 Å². The van der Waals surface area contributed by atoms with Crippen LogP contribution in [0.3, 0.4) is 0 Å². The molecular weight excluding hydrogens is 378 g/mol. The fraction of sp³-hybridized carbons (Fsp3) is 0.417. The molecule has 0 aromatic heterocycles. The standard InChI is InChI=1S/C24H27N3OS/c25-15-9-3-8-14-22-23-21(18-29-22)26(16-19-10-4-1-5-11-19)24(28)27(23)17-20-12-6-2-7-13-20/h1-2,4-7,10-13,21-23H,3,8-9,14,16-18H2/t21-,22?,23-/m0/s1. The number of rotatable bonds is 8. The Morgan fingerprint density at radius 3 is 2.17 bits per heavy atom. The van der Waals surface area contributed by atoms with Gasteiger partial charge >= 0.3 is 6.03 Å². The molecule has 150 valence electrons. The first-order valence-electron chi connectivity index (χ1n) is 10.4. The second-order valence-corrected chi connectivity index (χ2v) is 9.12. The summed E-state index contributed by atoms with van der Waals surface area (Å²) in [5.74, 6) is 0.997. The molecule has 2 aliphatic rings. The first-order chi connectivity index (χ1) is 14.3. The first-order valence-corrected chi connectivity index (χ1v) is 11.5. The highest BCUT2D eigenvalue weighted by Gasteiger charge is 2.52. The van der Waals surface area contributed by atoms with Gasteiger partial charge in [0.15, 0.2) is 0 Å². The molecule has 0 radical (unpaired) electrons. The van der Waals surface area contributed by atoms with Crippen LogP contribution in [0.4, 0.5) is 4.79 Å². The van der Waals surface area contributed by atoms with E-state index in [0.717, 1.165) is 25.0 Å². The predicted octanol–water partition coefficient (Wildman–Crippen LogP) is 5.06. The summed E-state index contributed by atoms with van der Waals surface area (Å²) in [5, 5.41) is 9.26. The number of hydrogen-bond donors (Lipinski definition) is 0. The van der Waals surface area contributed by atoms with Crippen molar-refractivity contribution in [1.82, 2.24) is 9.80 Å². The third-order valence-corrected chi connectivity index (χ3v) is 7.40. The molecule has 3 atom stereocenters. The van der Waals surface area contributed by atoms with E-state index in [1.165, 1.54) is 11.1 Å². The van der Waals surface area contributed by atoms with Crippen LogP contribution < -0.4 is 0 Å². The van der Waals surface area contributed by atoms with Crippen molar-refractivity contribution in [2.24, 2.45) is 0 Å². The van der Waals surface area contributed by atoms with Crippen LogP contribution in [0.25, 0.3) is 0 Å². The van der Waals surface area contributed by atoms with Crippen molar-refractivity contribution in [2.45, 2.75) is 56.1 Å². The van der Waals surface area contributed by atoms with E-state index in [-0.39, 0.29) is 18.1 Å². The van der Waals surface area contributed by atoms with E-state index >= 15 is 0 Å². The molecule has 1 unspecified atom stereocenters. The van der Waals surface area contributed by atoms with E-state index in [9.17, 15) is 4.79 Å². The zero-order valence-electron chi connectivity index (χ0n) is 16.6. The maximum absolute atomic E-state index is 13.4. The largest absolute Gasteiger partial charge is 0.321 e. The summed E-state index contributed by atoms with van der Waals surface area (Å²) in [6.07, 6.45) is 3.70. The highest BCUT2D eigenvalue weighted by molar-refractivity contribution is 8.00. The Balaban J connectivity index is 1.54. The van der Waals surface area contributed by atoms with Gasteiger partial charge in [0, 0.05) is 30.5 Å². The molecule has 0 saturated carbocycles. The lowest BCUT2D eigenvalue weighted by Crippen LogP contribution is -2.40. The summed E-state index contributed by atoms with van der Waals surface area (Å²) >= 11 is 2.00. The van der Waals surface area contributed by atoms with Crippen LogP contribution in [-0.4, -0.2) is 38.9 Å². The second kappa shape index (κ2) is 9.37. The highest BCUT2D eigenvalue weighted by atomic mass is 32.2. The Kier molecular flexibility index (Phi) is 6.41. The molecule has 2 fully saturated rings. The van der Waals surface area contributed by atoms with Gasteiger partial charge in [0.2, 0.25) is 0 Å². The highest BCUT2D eigenvalue weighted by Crippen LogP contribution is 2.42. The molecular formula is C24H27N3OS. The molecule has 2 aromatic carbocycles. The van der Waals surface area contributed by atoms with Crippen molar-refractivity contribution in [2.75, 3.05) is 5.75 Å². The maximum atomic E-state index is 13.4. The topological polar surface area (TPSA) is 47.3 Å². The number of hydrogen-bond acceptors (Lipinski definition) is 3. The van der Waals surface area contributed by atoms with E-state index < -0.39 is 0 Å². The number of nitrogens with zero attached hydrogens (tertiary/aromatic N) is 3. The molecule has 0 aliphatic carbocycles. The quantitative estimate of drug-likeness (QED) is 0.455. The number of nitriles is 1. The van der Waals surface area contributed by atoms with E-state index in [2.05, 4.69) is 40.1 Å². The molecule has 2 saturated heterocycles. The maximum Gasteiger partial charge on any atom is 0.321 e. The summed E-state index contributed by atoms with van der Waals surface area (Å²) in [5.41, 5.74) is 2.37. The number of thioether (sulfide) groups is 1. The van der Waals surface area contributed by atoms with Crippen LogP contribution in [0.1, 0.15) is 36.8 Å². The Bertz CT molecular complexity index is 851. The zero-order valence-corrected chi connectivity index (χ0v) is 17.4. The number of benzene rings is 2. The number of urea groups is 1. The minimum absolute atomic E-state index is 0.162. The third-order valence-electron chi connectivity index (χ3n) is 5.93. The van der Waals surface area contributed by atoms with Gasteiger partial charge in [-0.1, -0.05) is 67.1 Å². The SMILES string of the molecule is N#CCCCCC1SC[C@H]2[C@@H]1N(Cc1ccccc1)C(=O)N2Cc1ccccc1. The molecule has 0 N–H and O–H groups in total. The monoisotopic (exact) mass is 405 g/mol. The summed E-state index contributed by atoms with van der Waals surface area (Å²) in [6.45, 7) is 1.34. The molecule has 0 bridgehead atoms. The fourth-order valence-corrected chi connectivity index (χ4v) is 6.19. The summed E-state index contributed by atoms with van der Waals surface area (Å²) < 4.78 is 0. The van der Waals surface area contributed by atoms with Gasteiger partial charge in [-0.25, -0.2) is 4.79 Å². The van der Waals surface area contributed by atoms with Gasteiger partial charge in [-0.3, -0.25) is 0 Å². The fourth-order valence-electron chi connectivity index (χ4n) is 4.51. The van der Waals surface area contributed by atoms with Crippen molar-refractivity contribution in [1.29, 1.82) is 5.26 Å². The molecule has 4 rings (SSSR count). The van der Waals surface area contributed by atoms with Crippen LogP contribution in [0, 0.1) is 11.3 Å². The van der Waals surface area contributed by atoms with Crippen molar-refractivity contribution in [3.8, 4) is 6.07 Å². The smallest absolute Gasteiger partial charge is 0.314 e. The third kappa shape index (κ3) is 4.43. The van der Waals surface area contributed by atoms with E-state index in [0.29, 0.717) is 24.8 Å². The average Bonchev–Trinajstić information content (AvgIpc) is 3.27. The Labute approximate surface area is 177 Å². The van der Waals surface area contributed by atoms with Gasteiger partial charge in [0.05, 0.1) is 18.2 Å². The van der Waals surface area contributed by atoms with Crippen LogP contribution in [-0.2, 0) is 13.1 Å². The van der Waals surface area contributed by atoms with Crippen LogP contribution in [0.15, 0.2) is 60.7 Å². The zero-order chi connectivity index (χ0) is 20.1. The van der Waals surface area contributed by atoms with Crippen molar-refractivity contribution < 1.29 is 4.79 Å². The normalized spacial score (nSPS) is 23.3. The Morgan fingerprint density at radius 1 is 0.931 bits per heavy atom. The summed E-state index contributed by atoms with van der Waals surface area (Å²) in [4.78, 5) is 17.6. The average molecular weight is 406 g/mol. The van der Waals surface area contributed by atoms with Crippen LogP contribution >= 0.6 is 11.8 Å². The molecule has 5 heteroatoms. The van der Waals surface area contributed by atoms with Gasteiger partial charge in [0.25, 0.3) is 0 Å². The lowest BCUT2D eigenvalue weighted by Gasteiger charge is -2.27. The Hall–Kier alpha value is -2.45. The second-order valence-electron chi connectivity index (χ2n) is 7.84. The minimum atomic E-state index is 0.162. The first kappa shape index (κ1) is 19.8.